The van der Waals surface area contributed by atoms with E-state index < -0.39 is 0 Å². The van der Waals surface area contributed by atoms with Crippen molar-refractivity contribution in [2.24, 2.45) is 0 Å². The molecule has 2 atom stereocenters. The molecule has 3 rings (SSSR count). The number of benzene rings is 1. The highest BCUT2D eigenvalue weighted by molar-refractivity contribution is 5.82. The highest BCUT2D eigenvalue weighted by atomic mass is 16.6. The summed E-state index contributed by atoms with van der Waals surface area (Å²) in [6.07, 6.45) is 2.86. The van der Waals surface area contributed by atoms with Crippen LogP contribution in [0.15, 0.2) is 24.3 Å². The Balaban J connectivity index is 1.52. The zero-order valence-corrected chi connectivity index (χ0v) is 10.2. The van der Waals surface area contributed by atoms with Crippen molar-refractivity contribution in [1.82, 2.24) is 0 Å². The highest BCUT2D eigenvalue weighted by Crippen LogP contribution is 2.25. The van der Waals surface area contributed by atoms with Gasteiger partial charge in [-0.1, -0.05) is 18.2 Å². The Labute approximate surface area is 106 Å². The quantitative estimate of drug-likeness (QED) is 0.827. The number of ether oxygens (including phenoxy) is 2. The van der Waals surface area contributed by atoms with Crippen LogP contribution >= 0.6 is 0 Å². The molecule has 96 valence electrons. The number of nitrogens with one attached hydrogen (secondary N) is 1. The highest BCUT2D eigenvalue weighted by Gasteiger charge is 2.28. The molecule has 2 heterocycles. The average Bonchev–Trinajstić information content (AvgIpc) is 3.04. The molecule has 0 bridgehead atoms. The van der Waals surface area contributed by atoms with Crippen molar-refractivity contribution >= 4 is 11.7 Å². The molecule has 0 amide bonds. The number of fused-ring (bicyclic) bond motifs is 1. The van der Waals surface area contributed by atoms with Crippen LogP contribution in [0.25, 0.3) is 0 Å². The van der Waals surface area contributed by atoms with E-state index in [2.05, 4.69) is 5.32 Å². The summed E-state index contributed by atoms with van der Waals surface area (Å²) in [5.74, 6) is -0.179. The molecule has 0 spiro atoms. The summed E-state index contributed by atoms with van der Waals surface area (Å²) in [7, 11) is 0. The van der Waals surface area contributed by atoms with E-state index in [1.54, 1.807) is 0 Å². The van der Waals surface area contributed by atoms with Crippen molar-refractivity contribution in [3.63, 3.8) is 0 Å². The second-order valence-corrected chi connectivity index (χ2v) is 4.82. The molecule has 2 aliphatic rings. The summed E-state index contributed by atoms with van der Waals surface area (Å²) in [5.41, 5.74) is 2.22. The van der Waals surface area contributed by atoms with Crippen molar-refractivity contribution in [3.05, 3.63) is 29.8 Å². The topological polar surface area (TPSA) is 47.6 Å². The molecule has 0 radical (unpaired) electrons. The van der Waals surface area contributed by atoms with Crippen molar-refractivity contribution < 1.29 is 14.3 Å². The molecule has 1 saturated heterocycles. The smallest absolute Gasteiger partial charge is 0.328 e. The Kier molecular flexibility index (Phi) is 3.19. The summed E-state index contributed by atoms with van der Waals surface area (Å²) in [5, 5.41) is 3.19. The van der Waals surface area contributed by atoms with E-state index in [4.69, 9.17) is 9.47 Å². The van der Waals surface area contributed by atoms with Gasteiger partial charge in [0.05, 0.1) is 6.10 Å². The molecule has 0 aliphatic carbocycles. The van der Waals surface area contributed by atoms with Gasteiger partial charge in [-0.25, -0.2) is 4.79 Å². The number of rotatable bonds is 3. The second-order valence-electron chi connectivity index (χ2n) is 4.82. The van der Waals surface area contributed by atoms with E-state index >= 15 is 0 Å². The minimum Gasteiger partial charge on any atom is -0.461 e. The first-order valence-electron chi connectivity index (χ1n) is 6.45. The van der Waals surface area contributed by atoms with Crippen molar-refractivity contribution in [2.75, 3.05) is 18.5 Å². The number of anilines is 1. The number of carbonyl (C=O) groups excluding carboxylic acids is 1. The van der Waals surface area contributed by atoms with Gasteiger partial charge < -0.3 is 14.8 Å². The Morgan fingerprint density at radius 2 is 2.33 bits per heavy atom. The van der Waals surface area contributed by atoms with Gasteiger partial charge in [0.25, 0.3) is 0 Å². The van der Waals surface area contributed by atoms with Gasteiger partial charge >= 0.3 is 5.97 Å². The third-order valence-corrected chi connectivity index (χ3v) is 3.49. The lowest BCUT2D eigenvalue weighted by Gasteiger charge is -2.14. The van der Waals surface area contributed by atoms with Crippen LogP contribution in [-0.2, 0) is 20.7 Å². The van der Waals surface area contributed by atoms with Gasteiger partial charge in [-0.3, -0.25) is 0 Å². The lowest BCUT2D eigenvalue weighted by atomic mass is 10.1. The van der Waals surface area contributed by atoms with Crippen molar-refractivity contribution in [3.8, 4) is 0 Å². The van der Waals surface area contributed by atoms with Gasteiger partial charge in [0, 0.05) is 18.7 Å². The monoisotopic (exact) mass is 247 g/mol. The fourth-order valence-corrected chi connectivity index (χ4v) is 2.49. The first-order valence-corrected chi connectivity index (χ1v) is 6.45. The lowest BCUT2D eigenvalue weighted by Crippen LogP contribution is -2.31. The fourth-order valence-electron chi connectivity index (χ4n) is 2.49. The van der Waals surface area contributed by atoms with E-state index in [-0.39, 0.29) is 18.1 Å². The molecule has 0 saturated carbocycles. The van der Waals surface area contributed by atoms with E-state index in [0.29, 0.717) is 13.0 Å². The third-order valence-electron chi connectivity index (χ3n) is 3.49. The Bertz CT molecular complexity index is 415. The normalized spacial score (nSPS) is 25.6. The maximum Gasteiger partial charge on any atom is 0.328 e. The number of para-hydroxylation sites is 1. The van der Waals surface area contributed by atoms with Crippen LogP contribution < -0.4 is 5.32 Å². The summed E-state index contributed by atoms with van der Waals surface area (Å²) < 4.78 is 10.7. The zero-order valence-electron chi connectivity index (χ0n) is 10.2. The molecule has 2 unspecified atom stereocenters. The van der Waals surface area contributed by atoms with Crippen molar-refractivity contribution in [2.45, 2.75) is 31.4 Å². The van der Waals surface area contributed by atoms with Gasteiger partial charge in [-0.05, 0) is 24.5 Å². The lowest BCUT2D eigenvalue weighted by molar-refractivity contribution is -0.147. The molecule has 4 nitrogen and oxygen atoms in total. The van der Waals surface area contributed by atoms with Crippen molar-refractivity contribution in [1.29, 1.82) is 0 Å². The number of esters is 1. The molecule has 4 heteroatoms. The number of hydrogen-bond acceptors (Lipinski definition) is 4. The van der Waals surface area contributed by atoms with Gasteiger partial charge in [-0.2, -0.15) is 0 Å². The maximum atomic E-state index is 11.9. The SMILES string of the molecule is O=C(OCC1CCCO1)C1Cc2ccccc2N1. The standard InChI is InChI=1S/C14H17NO3/c16-14(18-9-11-5-3-7-17-11)13-8-10-4-1-2-6-12(10)15-13/h1-2,4,6,11,13,15H,3,5,7-9H2. The molecular weight excluding hydrogens is 230 g/mol. The van der Waals surface area contributed by atoms with E-state index in [9.17, 15) is 4.79 Å². The zero-order chi connectivity index (χ0) is 12.4. The number of hydrogen-bond donors (Lipinski definition) is 1. The first kappa shape index (κ1) is 11.5. The third kappa shape index (κ3) is 2.34. The summed E-state index contributed by atoms with van der Waals surface area (Å²) in [6, 6.07) is 7.73. The van der Waals surface area contributed by atoms with Crippen LogP contribution in [0.5, 0.6) is 0 Å². The molecule has 1 N–H and O–H groups in total. The predicted molar refractivity (Wildman–Crippen MR) is 67.5 cm³/mol. The van der Waals surface area contributed by atoms with Crippen LogP contribution in [0.2, 0.25) is 0 Å². The summed E-state index contributed by atoms with van der Waals surface area (Å²) >= 11 is 0. The van der Waals surface area contributed by atoms with Gasteiger partial charge in [-0.15, -0.1) is 0 Å². The Morgan fingerprint density at radius 3 is 3.11 bits per heavy atom. The van der Waals surface area contributed by atoms with Gasteiger partial charge in [0.15, 0.2) is 0 Å². The molecule has 0 aromatic heterocycles. The molecule has 1 aromatic carbocycles. The largest absolute Gasteiger partial charge is 0.461 e. The minimum absolute atomic E-state index is 0.0951. The van der Waals surface area contributed by atoms with Gasteiger partial charge in [0.2, 0.25) is 0 Å². The Hall–Kier alpha value is -1.55. The van der Waals surface area contributed by atoms with Crippen LogP contribution in [0.3, 0.4) is 0 Å². The summed E-state index contributed by atoms with van der Waals surface area (Å²) in [6.45, 7) is 1.17. The molecule has 1 aromatic rings. The van der Waals surface area contributed by atoms with Gasteiger partial charge in [0.1, 0.15) is 12.6 Å². The molecule has 18 heavy (non-hydrogen) atoms. The van der Waals surface area contributed by atoms with Crippen LogP contribution in [0, 0.1) is 0 Å². The summed E-state index contributed by atoms with van der Waals surface area (Å²) in [4.78, 5) is 11.9. The number of carbonyl (C=O) groups is 1. The first-order chi connectivity index (χ1) is 8.83. The average molecular weight is 247 g/mol. The fraction of sp³-hybridized carbons (Fsp3) is 0.500. The predicted octanol–water partition coefficient (Wildman–Crippen LogP) is 1.75. The molecular formula is C14H17NO3. The van der Waals surface area contributed by atoms with Crippen LogP contribution in [-0.4, -0.2) is 31.3 Å². The van der Waals surface area contributed by atoms with E-state index in [1.807, 2.05) is 24.3 Å². The molecule has 2 aliphatic heterocycles. The maximum absolute atomic E-state index is 11.9. The second kappa shape index (κ2) is 4.98. The van der Waals surface area contributed by atoms with E-state index in [0.717, 1.165) is 25.1 Å². The minimum atomic E-state index is -0.246. The molecule has 1 fully saturated rings. The van der Waals surface area contributed by atoms with Crippen LogP contribution in [0.1, 0.15) is 18.4 Å². The van der Waals surface area contributed by atoms with Crippen LogP contribution in [0.4, 0.5) is 5.69 Å². The Morgan fingerprint density at radius 1 is 1.44 bits per heavy atom. The van der Waals surface area contributed by atoms with E-state index in [1.165, 1.54) is 5.56 Å².